The fourth-order valence-electron chi connectivity index (χ4n) is 2.54. The van der Waals surface area contributed by atoms with Crippen LogP contribution in [0.4, 0.5) is 4.39 Å². The monoisotopic (exact) mass is 346 g/mol. The largest absolute Gasteiger partial charge is 0.354 e. The molecule has 1 heterocycles. The maximum absolute atomic E-state index is 13.4. The molecule has 25 heavy (non-hydrogen) atoms. The number of nitrogens with zero attached hydrogens (tertiary/aromatic N) is 5. The lowest BCUT2D eigenvalue weighted by molar-refractivity contribution is 0.468. The number of aromatic nitrogens is 3. The third-order valence-corrected chi connectivity index (χ3v) is 3.80. The topological polar surface area (TPSA) is 58.3 Å². The Bertz CT molecular complexity index is 682. The first-order chi connectivity index (χ1) is 12.1. The van der Waals surface area contributed by atoms with Gasteiger partial charge in [-0.15, -0.1) is 10.2 Å². The molecular weight excluding hydrogens is 319 g/mol. The van der Waals surface area contributed by atoms with Gasteiger partial charge in [0.1, 0.15) is 18.0 Å². The predicted molar refractivity (Wildman–Crippen MR) is 97.9 cm³/mol. The number of hydrogen-bond acceptors (Lipinski definition) is 3. The van der Waals surface area contributed by atoms with Crippen LogP contribution in [0, 0.1) is 5.82 Å². The summed E-state index contributed by atoms with van der Waals surface area (Å²) in [5, 5.41) is 11.4. The van der Waals surface area contributed by atoms with Gasteiger partial charge in [-0.3, -0.25) is 4.99 Å². The van der Waals surface area contributed by atoms with Gasteiger partial charge in [-0.25, -0.2) is 4.39 Å². The van der Waals surface area contributed by atoms with Crippen LogP contribution >= 0.6 is 0 Å². The molecule has 1 aromatic carbocycles. The second-order valence-electron chi connectivity index (χ2n) is 5.91. The van der Waals surface area contributed by atoms with Crippen molar-refractivity contribution in [3.05, 3.63) is 47.8 Å². The molecule has 6 nitrogen and oxygen atoms in total. The van der Waals surface area contributed by atoms with Gasteiger partial charge in [0.2, 0.25) is 0 Å². The van der Waals surface area contributed by atoms with Crippen molar-refractivity contribution in [2.75, 3.05) is 20.1 Å². The maximum atomic E-state index is 13.4. The highest BCUT2D eigenvalue weighted by Gasteiger charge is 2.08. The fraction of sp³-hybridized carbons (Fsp3) is 0.500. The van der Waals surface area contributed by atoms with Crippen molar-refractivity contribution in [3.63, 3.8) is 0 Å². The zero-order valence-electron chi connectivity index (χ0n) is 15.2. The van der Waals surface area contributed by atoms with Crippen molar-refractivity contribution < 1.29 is 4.39 Å². The quantitative estimate of drug-likeness (QED) is 0.589. The molecular formula is C18H27FN6. The average Bonchev–Trinajstić information content (AvgIpc) is 3.05. The first-order valence-electron chi connectivity index (χ1n) is 8.74. The Morgan fingerprint density at radius 3 is 2.92 bits per heavy atom. The van der Waals surface area contributed by atoms with E-state index in [9.17, 15) is 4.39 Å². The molecule has 2 aromatic rings. The van der Waals surface area contributed by atoms with Gasteiger partial charge in [-0.2, -0.15) is 0 Å². The zero-order chi connectivity index (χ0) is 18.1. The van der Waals surface area contributed by atoms with Crippen LogP contribution in [0.15, 0.2) is 35.6 Å². The minimum Gasteiger partial charge on any atom is -0.354 e. The lowest BCUT2D eigenvalue weighted by Crippen LogP contribution is -2.40. The van der Waals surface area contributed by atoms with E-state index in [1.807, 2.05) is 22.6 Å². The molecule has 0 aliphatic heterocycles. The summed E-state index contributed by atoms with van der Waals surface area (Å²) in [6, 6.07) is 6.66. The van der Waals surface area contributed by atoms with Crippen LogP contribution in [-0.2, 0) is 19.5 Å². The predicted octanol–water partition coefficient (Wildman–Crippen LogP) is 2.47. The van der Waals surface area contributed by atoms with E-state index in [1.54, 1.807) is 18.5 Å². The molecule has 1 N–H and O–H groups in total. The van der Waals surface area contributed by atoms with E-state index in [1.165, 1.54) is 6.07 Å². The van der Waals surface area contributed by atoms with Gasteiger partial charge in [0.15, 0.2) is 5.96 Å². The first kappa shape index (κ1) is 18.9. The maximum Gasteiger partial charge on any atom is 0.194 e. The van der Waals surface area contributed by atoms with Gasteiger partial charge in [0, 0.05) is 39.6 Å². The third kappa shape index (κ3) is 5.85. The lowest BCUT2D eigenvalue weighted by atomic mass is 10.2. The average molecular weight is 346 g/mol. The molecule has 0 radical (unpaired) electrons. The minimum absolute atomic E-state index is 0.217. The normalized spacial score (nSPS) is 11.6. The van der Waals surface area contributed by atoms with Crippen LogP contribution in [0.1, 0.15) is 31.7 Å². The molecule has 0 fully saturated rings. The highest BCUT2D eigenvalue weighted by atomic mass is 19.1. The summed E-state index contributed by atoms with van der Waals surface area (Å²) in [5.41, 5.74) is 0.917. The summed E-state index contributed by atoms with van der Waals surface area (Å²) in [5.74, 6) is 1.57. The van der Waals surface area contributed by atoms with E-state index in [4.69, 9.17) is 0 Å². The van der Waals surface area contributed by atoms with Crippen molar-refractivity contribution in [1.82, 2.24) is 25.0 Å². The smallest absolute Gasteiger partial charge is 0.194 e. The van der Waals surface area contributed by atoms with Gasteiger partial charge in [-0.1, -0.05) is 26.0 Å². The van der Waals surface area contributed by atoms with Gasteiger partial charge < -0.3 is 14.8 Å². The molecule has 0 saturated heterocycles. The Labute approximate surface area is 148 Å². The van der Waals surface area contributed by atoms with Crippen LogP contribution in [0.2, 0.25) is 0 Å². The second-order valence-corrected chi connectivity index (χ2v) is 5.91. The Balaban J connectivity index is 1.95. The van der Waals surface area contributed by atoms with Crippen LogP contribution in [0.3, 0.4) is 0 Å². The van der Waals surface area contributed by atoms with Gasteiger partial charge in [0.05, 0.1) is 0 Å². The van der Waals surface area contributed by atoms with E-state index >= 15 is 0 Å². The molecule has 0 amide bonds. The van der Waals surface area contributed by atoms with Crippen LogP contribution < -0.4 is 5.32 Å². The van der Waals surface area contributed by atoms with Crippen LogP contribution in [-0.4, -0.2) is 45.8 Å². The fourth-order valence-corrected chi connectivity index (χ4v) is 2.54. The summed E-state index contributed by atoms with van der Waals surface area (Å²) in [4.78, 5) is 6.63. The second kappa shape index (κ2) is 9.76. The van der Waals surface area contributed by atoms with Gasteiger partial charge >= 0.3 is 0 Å². The molecule has 1 aromatic heterocycles. The summed E-state index contributed by atoms with van der Waals surface area (Å²) in [6.45, 7) is 7.01. The number of nitrogens with one attached hydrogen (secondary N) is 1. The van der Waals surface area contributed by atoms with Crippen molar-refractivity contribution in [2.45, 2.75) is 39.8 Å². The van der Waals surface area contributed by atoms with E-state index < -0.39 is 0 Å². The van der Waals surface area contributed by atoms with Crippen molar-refractivity contribution in [3.8, 4) is 0 Å². The van der Waals surface area contributed by atoms with E-state index in [0.717, 1.165) is 49.8 Å². The molecule has 0 spiro atoms. The highest BCUT2D eigenvalue weighted by molar-refractivity contribution is 5.79. The standard InChI is InChI=1S/C18H27FN6/c1-4-9-20-18(21-10-11-25-14-22-23-17(25)5-2)24(3)13-15-7-6-8-16(19)12-15/h6-8,12,14H,4-5,9-11,13H2,1-3H3,(H,20,21). The number of hydrogen-bond donors (Lipinski definition) is 1. The molecule has 0 unspecified atom stereocenters. The van der Waals surface area contributed by atoms with E-state index in [2.05, 4.69) is 34.4 Å². The van der Waals surface area contributed by atoms with E-state index in [0.29, 0.717) is 6.54 Å². The van der Waals surface area contributed by atoms with Crippen molar-refractivity contribution in [1.29, 1.82) is 0 Å². The number of benzene rings is 1. The van der Waals surface area contributed by atoms with Crippen LogP contribution in [0.5, 0.6) is 0 Å². The summed E-state index contributed by atoms with van der Waals surface area (Å²) in [6.07, 6.45) is 3.58. The molecule has 136 valence electrons. The van der Waals surface area contributed by atoms with Gasteiger partial charge in [-0.05, 0) is 24.1 Å². The molecule has 0 aliphatic rings. The lowest BCUT2D eigenvalue weighted by Gasteiger charge is -2.23. The zero-order valence-corrected chi connectivity index (χ0v) is 15.2. The van der Waals surface area contributed by atoms with Crippen molar-refractivity contribution >= 4 is 5.96 Å². The SMILES string of the molecule is CCCN=C(NCCn1cnnc1CC)N(C)Cc1cccc(F)c1. The highest BCUT2D eigenvalue weighted by Crippen LogP contribution is 2.06. The Hall–Kier alpha value is -2.44. The minimum atomic E-state index is -0.217. The van der Waals surface area contributed by atoms with Crippen molar-refractivity contribution in [2.24, 2.45) is 4.99 Å². The molecule has 0 atom stereocenters. The third-order valence-electron chi connectivity index (χ3n) is 3.80. The van der Waals surface area contributed by atoms with E-state index in [-0.39, 0.29) is 5.82 Å². The molecule has 0 bridgehead atoms. The summed E-state index contributed by atoms with van der Waals surface area (Å²) < 4.78 is 15.4. The number of aryl methyl sites for hydroxylation is 1. The Morgan fingerprint density at radius 1 is 1.36 bits per heavy atom. The van der Waals surface area contributed by atoms with Crippen LogP contribution in [0.25, 0.3) is 0 Å². The first-order valence-corrected chi connectivity index (χ1v) is 8.74. The number of guanidine groups is 1. The molecule has 2 rings (SSSR count). The summed E-state index contributed by atoms with van der Waals surface area (Å²) in [7, 11) is 1.96. The number of halogens is 1. The number of aliphatic imine (C=N–C) groups is 1. The molecule has 0 aliphatic carbocycles. The number of rotatable bonds is 8. The Morgan fingerprint density at radius 2 is 2.20 bits per heavy atom. The molecule has 7 heteroatoms. The van der Waals surface area contributed by atoms with Gasteiger partial charge in [0.25, 0.3) is 0 Å². The Kier molecular flexibility index (Phi) is 7.37. The molecule has 0 saturated carbocycles. The summed E-state index contributed by atoms with van der Waals surface area (Å²) >= 11 is 0.